The summed E-state index contributed by atoms with van der Waals surface area (Å²) in [5.74, 6) is -1.15. The van der Waals surface area contributed by atoms with Crippen molar-refractivity contribution in [2.75, 3.05) is 6.54 Å². The second kappa shape index (κ2) is 6.72. The topological polar surface area (TPSA) is 111 Å². The van der Waals surface area contributed by atoms with Gasteiger partial charge in [0.05, 0.1) is 5.52 Å². The lowest BCUT2D eigenvalue weighted by Gasteiger charge is -2.24. The molecule has 0 spiro atoms. The van der Waals surface area contributed by atoms with E-state index in [4.69, 9.17) is 10.2 Å². The molecule has 1 aliphatic rings. The van der Waals surface area contributed by atoms with E-state index in [0.717, 1.165) is 0 Å². The number of nitrogens with zero attached hydrogens (tertiary/aromatic N) is 2. The predicted molar refractivity (Wildman–Crippen MR) is 91.8 cm³/mol. The Morgan fingerprint density at radius 2 is 2.08 bits per heavy atom. The van der Waals surface area contributed by atoms with Gasteiger partial charge in [-0.25, -0.2) is 4.79 Å². The molecule has 0 saturated carbocycles. The molecule has 3 N–H and O–H groups in total. The molecule has 1 aliphatic heterocycles. The van der Waals surface area contributed by atoms with Crippen molar-refractivity contribution in [3.63, 3.8) is 0 Å². The van der Waals surface area contributed by atoms with Gasteiger partial charge in [-0.2, -0.15) is 0 Å². The van der Waals surface area contributed by atoms with E-state index in [0.29, 0.717) is 24.1 Å². The molecule has 1 fully saturated rings. The third kappa shape index (κ3) is 3.43. The predicted octanol–water partition coefficient (Wildman–Crippen LogP) is 0.0473. The first-order chi connectivity index (χ1) is 11.9. The Bertz CT molecular complexity index is 854. The molecule has 2 atom stereocenters. The van der Waals surface area contributed by atoms with Crippen molar-refractivity contribution in [3.8, 4) is 0 Å². The minimum Gasteiger partial charge on any atom is -0.408 e. The summed E-state index contributed by atoms with van der Waals surface area (Å²) in [6.45, 7) is 3.82. The molecule has 1 aromatic heterocycles. The summed E-state index contributed by atoms with van der Waals surface area (Å²) in [6.07, 6.45) is 0.408. The smallest absolute Gasteiger partial charge is 0.408 e. The fourth-order valence-corrected chi connectivity index (χ4v) is 3.16. The molecule has 8 nitrogen and oxygen atoms in total. The second-order valence-electron chi connectivity index (χ2n) is 6.64. The van der Waals surface area contributed by atoms with Crippen LogP contribution in [0.2, 0.25) is 0 Å². The largest absolute Gasteiger partial charge is 0.420 e. The van der Waals surface area contributed by atoms with Gasteiger partial charge in [-0.3, -0.25) is 14.2 Å². The average molecular weight is 346 g/mol. The van der Waals surface area contributed by atoms with Gasteiger partial charge in [0.2, 0.25) is 11.8 Å². The summed E-state index contributed by atoms with van der Waals surface area (Å²) >= 11 is 0. The van der Waals surface area contributed by atoms with Crippen LogP contribution in [-0.4, -0.2) is 46.0 Å². The van der Waals surface area contributed by atoms with E-state index >= 15 is 0 Å². The first-order valence-electron chi connectivity index (χ1n) is 8.30. The number of carbonyl (C=O) groups excluding carboxylic acids is 2. The van der Waals surface area contributed by atoms with Crippen LogP contribution >= 0.6 is 0 Å². The molecule has 1 saturated heterocycles. The van der Waals surface area contributed by atoms with E-state index in [9.17, 15) is 14.4 Å². The summed E-state index contributed by atoms with van der Waals surface area (Å²) in [5, 5.41) is 2.81. The minimum absolute atomic E-state index is 0.0262. The van der Waals surface area contributed by atoms with Crippen LogP contribution in [0.3, 0.4) is 0 Å². The number of likely N-dealkylation sites (tertiary alicyclic amines) is 1. The molecule has 0 radical (unpaired) electrons. The van der Waals surface area contributed by atoms with Crippen molar-refractivity contribution >= 4 is 22.9 Å². The Hall–Kier alpha value is -2.61. The first-order valence-corrected chi connectivity index (χ1v) is 8.30. The number of hydrogen-bond acceptors (Lipinski definition) is 5. The van der Waals surface area contributed by atoms with E-state index in [1.54, 1.807) is 24.3 Å². The van der Waals surface area contributed by atoms with Crippen molar-refractivity contribution in [1.29, 1.82) is 0 Å². The number of aromatic nitrogens is 1. The van der Waals surface area contributed by atoms with E-state index in [1.165, 1.54) is 9.47 Å². The van der Waals surface area contributed by atoms with Gasteiger partial charge in [-0.15, -0.1) is 0 Å². The Morgan fingerprint density at radius 3 is 2.80 bits per heavy atom. The monoisotopic (exact) mass is 346 g/mol. The minimum atomic E-state index is -0.612. The van der Waals surface area contributed by atoms with Gasteiger partial charge in [0.1, 0.15) is 12.6 Å². The van der Waals surface area contributed by atoms with Crippen molar-refractivity contribution in [3.05, 3.63) is 34.8 Å². The molecular weight excluding hydrogens is 324 g/mol. The molecule has 0 bridgehead atoms. The number of nitrogens with two attached hydrogens (primary N) is 1. The summed E-state index contributed by atoms with van der Waals surface area (Å²) in [6, 6.07) is 6.01. The Balaban J connectivity index is 1.82. The number of fused-ring (bicyclic) bond motifs is 1. The van der Waals surface area contributed by atoms with Crippen molar-refractivity contribution in [2.45, 2.75) is 44.9 Å². The zero-order valence-corrected chi connectivity index (χ0v) is 14.3. The van der Waals surface area contributed by atoms with Crippen LogP contribution in [0.1, 0.15) is 20.3 Å². The maximum atomic E-state index is 12.7. The van der Waals surface area contributed by atoms with Crippen LogP contribution in [0.5, 0.6) is 0 Å². The highest BCUT2D eigenvalue weighted by Gasteiger charge is 2.38. The quantitative estimate of drug-likeness (QED) is 0.812. The number of rotatable bonds is 4. The van der Waals surface area contributed by atoms with Gasteiger partial charge in [-0.1, -0.05) is 12.1 Å². The van der Waals surface area contributed by atoms with Gasteiger partial charge in [0, 0.05) is 18.6 Å². The highest BCUT2D eigenvalue weighted by atomic mass is 16.4. The molecule has 8 heteroatoms. The second-order valence-corrected chi connectivity index (χ2v) is 6.64. The molecule has 134 valence electrons. The maximum Gasteiger partial charge on any atom is 0.420 e. The van der Waals surface area contributed by atoms with Gasteiger partial charge < -0.3 is 20.4 Å². The van der Waals surface area contributed by atoms with Crippen LogP contribution in [0.25, 0.3) is 11.1 Å². The maximum absolute atomic E-state index is 12.7. The summed E-state index contributed by atoms with van der Waals surface area (Å²) in [4.78, 5) is 38.6. The van der Waals surface area contributed by atoms with Crippen molar-refractivity contribution in [1.82, 2.24) is 14.8 Å². The van der Waals surface area contributed by atoms with Crippen LogP contribution in [-0.2, 0) is 16.1 Å². The zero-order valence-electron chi connectivity index (χ0n) is 14.3. The Kier molecular flexibility index (Phi) is 4.63. The SMILES string of the molecule is CC(C)NC(=O)[C@@H]1C[C@H](N)CN1C(=O)Cn1c(=O)oc2ccccc21. The number of benzene rings is 1. The molecule has 0 unspecified atom stereocenters. The lowest BCUT2D eigenvalue weighted by atomic mass is 10.1. The number of carbonyl (C=O) groups is 2. The summed E-state index contributed by atoms with van der Waals surface area (Å²) in [5.41, 5.74) is 6.93. The standard InChI is InChI=1S/C17H22N4O4/c1-10(2)19-16(23)13-7-11(18)8-20(13)15(22)9-21-12-5-3-4-6-14(12)25-17(21)24/h3-6,10-11,13H,7-9,18H2,1-2H3,(H,19,23)/t11-,13-/m0/s1. The summed E-state index contributed by atoms with van der Waals surface area (Å²) in [7, 11) is 0. The third-order valence-corrected chi connectivity index (χ3v) is 4.25. The molecule has 3 rings (SSSR count). The van der Waals surface area contributed by atoms with Crippen molar-refractivity contribution < 1.29 is 14.0 Å². The molecule has 2 heterocycles. The summed E-state index contributed by atoms with van der Waals surface area (Å²) < 4.78 is 6.42. The van der Waals surface area contributed by atoms with Gasteiger partial charge in [-0.05, 0) is 32.4 Å². The number of amides is 2. The molecule has 0 aliphatic carbocycles. The molecule has 2 amide bonds. The van der Waals surface area contributed by atoms with E-state index in [-0.39, 0.29) is 30.4 Å². The fraction of sp³-hybridized carbons (Fsp3) is 0.471. The lowest BCUT2D eigenvalue weighted by molar-refractivity contribution is -0.139. The fourth-order valence-electron chi connectivity index (χ4n) is 3.16. The number of oxazole rings is 1. The van der Waals surface area contributed by atoms with Crippen molar-refractivity contribution in [2.24, 2.45) is 5.73 Å². The van der Waals surface area contributed by atoms with E-state index in [1.807, 2.05) is 13.8 Å². The highest BCUT2D eigenvalue weighted by molar-refractivity contribution is 5.89. The van der Waals surface area contributed by atoms with E-state index in [2.05, 4.69) is 5.32 Å². The third-order valence-electron chi connectivity index (χ3n) is 4.25. The molecule has 2 aromatic rings. The van der Waals surface area contributed by atoms with Gasteiger partial charge in [0.15, 0.2) is 5.58 Å². The molecule has 1 aromatic carbocycles. The zero-order chi connectivity index (χ0) is 18.1. The number of nitrogens with one attached hydrogen (secondary N) is 1. The van der Waals surface area contributed by atoms with Gasteiger partial charge in [0.25, 0.3) is 0 Å². The Morgan fingerprint density at radius 1 is 1.36 bits per heavy atom. The van der Waals surface area contributed by atoms with Crippen LogP contribution < -0.4 is 16.8 Å². The molecular formula is C17H22N4O4. The Labute approximate surface area is 144 Å². The molecule has 25 heavy (non-hydrogen) atoms. The first kappa shape index (κ1) is 17.2. The highest BCUT2D eigenvalue weighted by Crippen LogP contribution is 2.19. The lowest BCUT2D eigenvalue weighted by Crippen LogP contribution is -2.48. The number of hydrogen-bond donors (Lipinski definition) is 2. The normalized spacial score (nSPS) is 20.4. The average Bonchev–Trinajstić information content (AvgIpc) is 3.08. The van der Waals surface area contributed by atoms with Crippen LogP contribution in [0.15, 0.2) is 33.5 Å². The number of para-hydroxylation sites is 2. The van der Waals surface area contributed by atoms with Gasteiger partial charge >= 0.3 is 5.76 Å². The van der Waals surface area contributed by atoms with Crippen LogP contribution in [0, 0.1) is 0 Å². The van der Waals surface area contributed by atoms with E-state index < -0.39 is 11.8 Å². The van der Waals surface area contributed by atoms with Crippen LogP contribution in [0.4, 0.5) is 0 Å².